The zero-order valence-corrected chi connectivity index (χ0v) is 15.2. The van der Waals surface area contributed by atoms with Crippen molar-refractivity contribution in [1.29, 1.82) is 0 Å². The van der Waals surface area contributed by atoms with Crippen molar-refractivity contribution in [3.05, 3.63) is 24.4 Å². The zero-order valence-electron chi connectivity index (χ0n) is 15.2. The monoisotopic (exact) mass is 346 g/mol. The summed E-state index contributed by atoms with van der Waals surface area (Å²) >= 11 is 0. The first-order chi connectivity index (χ1) is 12.1. The van der Waals surface area contributed by atoms with Crippen LogP contribution in [-0.4, -0.2) is 77.7 Å². The smallest absolute Gasteiger partial charge is 0.223 e. The molecule has 1 aromatic rings. The van der Waals surface area contributed by atoms with Gasteiger partial charge in [-0.15, -0.1) is 0 Å². The molecule has 1 N–H and O–H groups in total. The molecule has 0 bridgehead atoms. The van der Waals surface area contributed by atoms with Gasteiger partial charge in [-0.2, -0.15) is 0 Å². The summed E-state index contributed by atoms with van der Waals surface area (Å²) in [7, 11) is 0. The maximum absolute atomic E-state index is 12.5. The molecule has 0 radical (unpaired) electrons. The van der Waals surface area contributed by atoms with Crippen molar-refractivity contribution in [2.24, 2.45) is 5.92 Å². The van der Waals surface area contributed by atoms with Crippen molar-refractivity contribution in [3.63, 3.8) is 0 Å². The lowest BCUT2D eigenvalue weighted by Crippen LogP contribution is -2.49. The Balaban J connectivity index is 1.37. The number of carbonyl (C=O) groups is 1. The maximum Gasteiger partial charge on any atom is 0.223 e. The van der Waals surface area contributed by atoms with Gasteiger partial charge in [-0.05, 0) is 50.9 Å². The molecule has 2 aliphatic heterocycles. The van der Waals surface area contributed by atoms with Crippen LogP contribution in [0.4, 0.5) is 5.82 Å². The van der Waals surface area contributed by atoms with Gasteiger partial charge in [0.15, 0.2) is 0 Å². The molecule has 1 atom stereocenters. The fourth-order valence-electron chi connectivity index (χ4n) is 3.80. The number of piperazine rings is 1. The Morgan fingerprint density at radius 2 is 1.92 bits per heavy atom. The number of rotatable bonds is 5. The number of hydrogen-bond acceptors (Lipinski definition) is 5. The van der Waals surface area contributed by atoms with E-state index in [9.17, 15) is 9.90 Å². The van der Waals surface area contributed by atoms with Crippen LogP contribution in [0.25, 0.3) is 0 Å². The molecule has 6 heteroatoms. The number of anilines is 1. The molecule has 0 aliphatic carbocycles. The SMILES string of the molecule is CC(O)C1CCN(CCC(=O)N2CCN(c3ccccn3)CC2)CC1. The lowest BCUT2D eigenvalue weighted by atomic mass is 9.92. The lowest BCUT2D eigenvalue weighted by molar-refractivity contribution is -0.132. The van der Waals surface area contributed by atoms with Gasteiger partial charge >= 0.3 is 0 Å². The number of aliphatic hydroxyl groups is 1. The van der Waals surface area contributed by atoms with Gasteiger partial charge in [0.05, 0.1) is 6.10 Å². The molecule has 2 saturated heterocycles. The average Bonchev–Trinajstić information content (AvgIpc) is 2.67. The number of piperidine rings is 1. The molecule has 138 valence electrons. The summed E-state index contributed by atoms with van der Waals surface area (Å²) in [6.45, 7) is 7.97. The van der Waals surface area contributed by atoms with E-state index < -0.39 is 0 Å². The highest BCUT2D eigenvalue weighted by Crippen LogP contribution is 2.20. The molecule has 1 aromatic heterocycles. The molecule has 2 aliphatic rings. The van der Waals surface area contributed by atoms with Gasteiger partial charge in [0.25, 0.3) is 0 Å². The molecular formula is C19H30N4O2. The van der Waals surface area contributed by atoms with Gasteiger partial charge in [-0.3, -0.25) is 4.79 Å². The predicted octanol–water partition coefficient (Wildman–Crippen LogP) is 1.21. The zero-order chi connectivity index (χ0) is 17.6. The van der Waals surface area contributed by atoms with Crippen LogP contribution in [0.1, 0.15) is 26.2 Å². The summed E-state index contributed by atoms with van der Waals surface area (Å²) in [5.74, 6) is 1.68. The number of likely N-dealkylation sites (tertiary alicyclic amines) is 1. The van der Waals surface area contributed by atoms with Crippen LogP contribution in [0.2, 0.25) is 0 Å². The molecule has 3 heterocycles. The summed E-state index contributed by atoms with van der Waals surface area (Å²) in [6, 6.07) is 5.95. The second-order valence-electron chi connectivity index (χ2n) is 7.23. The highest BCUT2D eigenvalue weighted by atomic mass is 16.3. The lowest BCUT2D eigenvalue weighted by Gasteiger charge is -2.36. The Labute approximate surface area is 150 Å². The maximum atomic E-state index is 12.5. The van der Waals surface area contributed by atoms with E-state index in [4.69, 9.17) is 0 Å². The van der Waals surface area contributed by atoms with Crippen LogP contribution < -0.4 is 4.90 Å². The normalized spacial score (nSPS) is 21.4. The fraction of sp³-hybridized carbons (Fsp3) is 0.684. The summed E-state index contributed by atoms with van der Waals surface area (Å²) < 4.78 is 0. The first-order valence-electron chi connectivity index (χ1n) is 9.47. The van der Waals surface area contributed by atoms with Crippen LogP contribution in [0.5, 0.6) is 0 Å². The van der Waals surface area contributed by atoms with Gasteiger partial charge in [-0.25, -0.2) is 4.98 Å². The van der Waals surface area contributed by atoms with Crippen LogP contribution in [0.3, 0.4) is 0 Å². The van der Waals surface area contributed by atoms with E-state index >= 15 is 0 Å². The van der Waals surface area contributed by atoms with Gasteiger partial charge in [0.2, 0.25) is 5.91 Å². The number of pyridine rings is 1. The van der Waals surface area contributed by atoms with Crippen molar-refractivity contribution in [1.82, 2.24) is 14.8 Å². The van der Waals surface area contributed by atoms with E-state index in [2.05, 4.69) is 14.8 Å². The van der Waals surface area contributed by atoms with E-state index in [1.54, 1.807) is 0 Å². The van der Waals surface area contributed by atoms with Gasteiger partial charge in [-0.1, -0.05) is 6.07 Å². The average molecular weight is 346 g/mol. The van der Waals surface area contributed by atoms with E-state index in [0.29, 0.717) is 12.3 Å². The van der Waals surface area contributed by atoms with Gasteiger partial charge in [0.1, 0.15) is 5.82 Å². The van der Waals surface area contributed by atoms with Gasteiger partial charge in [0, 0.05) is 45.3 Å². The quantitative estimate of drug-likeness (QED) is 0.868. The molecule has 6 nitrogen and oxygen atoms in total. The molecule has 1 amide bonds. The Bertz CT molecular complexity index is 536. The predicted molar refractivity (Wildman–Crippen MR) is 98.5 cm³/mol. The summed E-state index contributed by atoms with van der Waals surface area (Å²) in [5, 5.41) is 9.67. The van der Waals surface area contributed by atoms with Crippen molar-refractivity contribution in [2.75, 3.05) is 50.7 Å². The molecule has 0 saturated carbocycles. The number of aliphatic hydroxyl groups excluding tert-OH is 1. The number of amides is 1. The van der Waals surface area contributed by atoms with E-state index in [1.807, 2.05) is 36.2 Å². The molecule has 1 unspecified atom stereocenters. The number of aromatic nitrogens is 1. The third kappa shape index (κ3) is 4.92. The second kappa shape index (κ2) is 8.63. The highest BCUT2D eigenvalue weighted by molar-refractivity contribution is 5.76. The minimum Gasteiger partial charge on any atom is -0.393 e. The van der Waals surface area contributed by atoms with Crippen LogP contribution in [-0.2, 0) is 4.79 Å². The van der Waals surface area contributed by atoms with Crippen molar-refractivity contribution in [2.45, 2.75) is 32.3 Å². The Morgan fingerprint density at radius 1 is 1.20 bits per heavy atom. The summed E-state index contributed by atoms with van der Waals surface area (Å²) in [5.41, 5.74) is 0. The largest absolute Gasteiger partial charge is 0.393 e. The molecule has 3 rings (SSSR count). The summed E-state index contributed by atoms with van der Waals surface area (Å²) in [4.78, 5) is 23.5. The van der Waals surface area contributed by atoms with E-state index in [-0.39, 0.29) is 12.0 Å². The van der Waals surface area contributed by atoms with E-state index in [0.717, 1.165) is 64.5 Å². The molecule has 0 spiro atoms. The topological polar surface area (TPSA) is 59.9 Å². The van der Waals surface area contributed by atoms with Crippen LogP contribution >= 0.6 is 0 Å². The first kappa shape index (κ1) is 18.1. The van der Waals surface area contributed by atoms with E-state index in [1.165, 1.54) is 0 Å². The van der Waals surface area contributed by atoms with Crippen molar-refractivity contribution in [3.8, 4) is 0 Å². The fourth-order valence-corrected chi connectivity index (χ4v) is 3.80. The first-order valence-corrected chi connectivity index (χ1v) is 9.47. The van der Waals surface area contributed by atoms with Crippen LogP contribution in [0, 0.1) is 5.92 Å². The van der Waals surface area contributed by atoms with Crippen molar-refractivity contribution >= 4 is 11.7 Å². The Hall–Kier alpha value is -1.66. The molecule has 25 heavy (non-hydrogen) atoms. The van der Waals surface area contributed by atoms with Crippen molar-refractivity contribution < 1.29 is 9.90 Å². The third-order valence-corrected chi connectivity index (χ3v) is 5.56. The third-order valence-electron chi connectivity index (χ3n) is 5.56. The van der Waals surface area contributed by atoms with Crippen LogP contribution in [0.15, 0.2) is 24.4 Å². The number of carbonyl (C=O) groups excluding carboxylic acids is 1. The molecule has 2 fully saturated rings. The Kier molecular flexibility index (Phi) is 6.26. The second-order valence-corrected chi connectivity index (χ2v) is 7.23. The summed E-state index contributed by atoms with van der Waals surface area (Å²) in [6.07, 6.45) is 4.28. The van der Waals surface area contributed by atoms with Gasteiger partial charge < -0.3 is 19.8 Å². The molecule has 0 aromatic carbocycles. The Morgan fingerprint density at radius 3 is 2.52 bits per heavy atom. The standard InChI is InChI=1S/C19H30N4O2/c1-16(24)17-5-9-21(10-6-17)11-7-19(25)23-14-12-22(13-15-23)18-4-2-3-8-20-18/h2-4,8,16-17,24H,5-7,9-15H2,1H3. The highest BCUT2D eigenvalue weighted by Gasteiger charge is 2.25. The minimum atomic E-state index is -0.209. The number of hydrogen-bond donors (Lipinski definition) is 1. The minimum absolute atomic E-state index is 0.209. The molecular weight excluding hydrogens is 316 g/mol. The number of nitrogens with zero attached hydrogens (tertiary/aromatic N) is 4.